The molecule has 0 radical (unpaired) electrons. The van der Waals surface area contributed by atoms with Crippen LogP contribution < -0.4 is 5.73 Å². The lowest BCUT2D eigenvalue weighted by Crippen LogP contribution is -2.48. The SMILES string of the molecule is CCN1CCOC(CN)C1c1cc(F)cc(F)c1. The second-order valence-electron chi connectivity index (χ2n) is 4.42. The Morgan fingerprint density at radius 3 is 2.56 bits per heavy atom. The van der Waals surface area contributed by atoms with Crippen LogP contribution in [0.3, 0.4) is 0 Å². The van der Waals surface area contributed by atoms with Crippen molar-refractivity contribution in [3.05, 3.63) is 35.4 Å². The maximum absolute atomic E-state index is 13.3. The van der Waals surface area contributed by atoms with Crippen molar-refractivity contribution in [2.24, 2.45) is 5.73 Å². The van der Waals surface area contributed by atoms with E-state index >= 15 is 0 Å². The van der Waals surface area contributed by atoms with Gasteiger partial charge >= 0.3 is 0 Å². The molecule has 1 aliphatic heterocycles. The first-order chi connectivity index (χ1) is 8.65. The van der Waals surface area contributed by atoms with Gasteiger partial charge in [0, 0.05) is 19.2 Å². The molecule has 1 aliphatic rings. The molecule has 5 heteroatoms. The molecule has 3 nitrogen and oxygen atoms in total. The van der Waals surface area contributed by atoms with Crippen LogP contribution in [0.25, 0.3) is 0 Å². The van der Waals surface area contributed by atoms with Gasteiger partial charge in [0.2, 0.25) is 0 Å². The summed E-state index contributed by atoms with van der Waals surface area (Å²) in [5.41, 5.74) is 6.27. The van der Waals surface area contributed by atoms with Crippen molar-refractivity contribution in [3.63, 3.8) is 0 Å². The highest BCUT2D eigenvalue weighted by Crippen LogP contribution is 2.29. The molecule has 0 aliphatic carbocycles. The van der Waals surface area contributed by atoms with Crippen LogP contribution in [0.1, 0.15) is 18.5 Å². The number of nitrogens with zero attached hydrogens (tertiary/aromatic N) is 1. The number of morpholine rings is 1. The molecular formula is C13H18F2N2O. The van der Waals surface area contributed by atoms with E-state index in [4.69, 9.17) is 10.5 Å². The molecule has 1 fully saturated rings. The topological polar surface area (TPSA) is 38.5 Å². The smallest absolute Gasteiger partial charge is 0.126 e. The summed E-state index contributed by atoms with van der Waals surface area (Å²) < 4.78 is 32.2. The zero-order valence-electron chi connectivity index (χ0n) is 10.4. The number of nitrogens with two attached hydrogens (primary N) is 1. The average molecular weight is 256 g/mol. The van der Waals surface area contributed by atoms with Crippen molar-refractivity contribution in [2.45, 2.75) is 19.1 Å². The van der Waals surface area contributed by atoms with E-state index in [1.807, 2.05) is 6.92 Å². The summed E-state index contributed by atoms with van der Waals surface area (Å²) in [5.74, 6) is -1.13. The summed E-state index contributed by atoms with van der Waals surface area (Å²) in [6, 6.07) is 3.40. The van der Waals surface area contributed by atoms with Crippen molar-refractivity contribution in [1.82, 2.24) is 4.90 Å². The fourth-order valence-electron chi connectivity index (χ4n) is 2.51. The van der Waals surface area contributed by atoms with E-state index in [9.17, 15) is 8.78 Å². The monoisotopic (exact) mass is 256 g/mol. The summed E-state index contributed by atoms with van der Waals surface area (Å²) in [7, 11) is 0. The van der Waals surface area contributed by atoms with Gasteiger partial charge < -0.3 is 10.5 Å². The molecule has 2 atom stereocenters. The zero-order chi connectivity index (χ0) is 13.1. The average Bonchev–Trinajstić information content (AvgIpc) is 2.36. The molecule has 0 aromatic heterocycles. The third-order valence-electron chi connectivity index (χ3n) is 3.32. The minimum absolute atomic E-state index is 0.182. The molecule has 1 aromatic rings. The molecule has 0 bridgehead atoms. The van der Waals surface area contributed by atoms with Crippen molar-refractivity contribution >= 4 is 0 Å². The Morgan fingerprint density at radius 2 is 2.00 bits per heavy atom. The van der Waals surface area contributed by atoms with Crippen molar-refractivity contribution in [3.8, 4) is 0 Å². The summed E-state index contributed by atoms with van der Waals surface area (Å²) in [6.45, 7) is 4.49. The van der Waals surface area contributed by atoms with Crippen LogP contribution in [0.4, 0.5) is 8.78 Å². The highest BCUT2D eigenvalue weighted by Gasteiger charge is 2.32. The number of benzene rings is 1. The molecule has 18 heavy (non-hydrogen) atoms. The Bertz CT molecular complexity index is 382. The van der Waals surface area contributed by atoms with Gasteiger partial charge in [0.25, 0.3) is 0 Å². The third kappa shape index (κ3) is 2.68. The van der Waals surface area contributed by atoms with Gasteiger partial charge in [0.15, 0.2) is 0 Å². The van der Waals surface area contributed by atoms with Crippen LogP contribution in [0.2, 0.25) is 0 Å². The Balaban J connectivity index is 2.35. The largest absolute Gasteiger partial charge is 0.374 e. The maximum Gasteiger partial charge on any atom is 0.126 e. The van der Waals surface area contributed by atoms with Gasteiger partial charge in [-0.15, -0.1) is 0 Å². The molecule has 2 N–H and O–H groups in total. The molecule has 2 unspecified atom stereocenters. The predicted molar refractivity (Wildman–Crippen MR) is 65.1 cm³/mol. The molecule has 2 rings (SSSR count). The molecule has 0 amide bonds. The Morgan fingerprint density at radius 1 is 1.33 bits per heavy atom. The minimum Gasteiger partial charge on any atom is -0.374 e. The molecule has 1 aromatic carbocycles. The van der Waals surface area contributed by atoms with Crippen molar-refractivity contribution in [2.75, 3.05) is 26.2 Å². The number of hydrogen-bond acceptors (Lipinski definition) is 3. The van der Waals surface area contributed by atoms with Crippen molar-refractivity contribution < 1.29 is 13.5 Å². The lowest BCUT2D eigenvalue weighted by Gasteiger charge is -2.40. The highest BCUT2D eigenvalue weighted by atomic mass is 19.1. The van der Waals surface area contributed by atoms with Gasteiger partial charge in [-0.2, -0.15) is 0 Å². The fourth-order valence-corrected chi connectivity index (χ4v) is 2.51. The number of halogens is 2. The molecule has 1 heterocycles. The zero-order valence-corrected chi connectivity index (χ0v) is 10.4. The van der Waals surface area contributed by atoms with Gasteiger partial charge in [0.05, 0.1) is 18.8 Å². The Hall–Kier alpha value is -1.04. The second-order valence-corrected chi connectivity index (χ2v) is 4.42. The maximum atomic E-state index is 13.3. The fraction of sp³-hybridized carbons (Fsp3) is 0.538. The summed E-state index contributed by atoms with van der Waals surface area (Å²) >= 11 is 0. The van der Waals surface area contributed by atoms with Gasteiger partial charge in [-0.05, 0) is 24.2 Å². The molecule has 100 valence electrons. The van der Waals surface area contributed by atoms with Gasteiger partial charge in [-0.1, -0.05) is 6.92 Å². The van der Waals surface area contributed by atoms with Crippen molar-refractivity contribution in [1.29, 1.82) is 0 Å². The van der Waals surface area contributed by atoms with E-state index in [0.717, 1.165) is 19.2 Å². The number of ether oxygens (including phenoxy) is 1. The predicted octanol–water partition coefficient (Wildman–Crippen LogP) is 1.69. The van der Waals surface area contributed by atoms with E-state index in [1.165, 1.54) is 12.1 Å². The van der Waals surface area contributed by atoms with Crippen LogP contribution in [-0.4, -0.2) is 37.2 Å². The molecule has 0 saturated carbocycles. The van der Waals surface area contributed by atoms with Crippen LogP contribution in [-0.2, 0) is 4.74 Å². The lowest BCUT2D eigenvalue weighted by molar-refractivity contribution is -0.0659. The first-order valence-electron chi connectivity index (χ1n) is 6.17. The Labute approximate surface area is 106 Å². The standard InChI is InChI=1S/C13H18F2N2O/c1-2-17-3-4-18-12(8-16)13(17)9-5-10(14)7-11(15)6-9/h5-7,12-13H,2-4,8,16H2,1H3. The molecular weight excluding hydrogens is 238 g/mol. The third-order valence-corrected chi connectivity index (χ3v) is 3.32. The highest BCUT2D eigenvalue weighted by molar-refractivity contribution is 5.23. The Kier molecular flexibility index (Phi) is 4.27. The number of rotatable bonds is 3. The normalized spacial score (nSPS) is 25.3. The molecule has 1 saturated heterocycles. The van der Waals surface area contributed by atoms with E-state index in [0.29, 0.717) is 18.7 Å². The van der Waals surface area contributed by atoms with E-state index in [1.54, 1.807) is 0 Å². The van der Waals surface area contributed by atoms with E-state index in [-0.39, 0.29) is 12.1 Å². The van der Waals surface area contributed by atoms with Crippen LogP contribution in [0.15, 0.2) is 18.2 Å². The minimum atomic E-state index is -0.567. The van der Waals surface area contributed by atoms with Crippen LogP contribution >= 0.6 is 0 Å². The summed E-state index contributed by atoms with van der Waals surface area (Å²) in [4.78, 5) is 2.13. The van der Waals surface area contributed by atoms with Gasteiger partial charge in [-0.3, -0.25) is 4.90 Å². The number of hydrogen-bond donors (Lipinski definition) is 1. The summed E-state index contributed by atoms with van der Waals surface area (Å²) in [5, 5.41) is 0. The number of likely N-dealkylation sites (N-methyl/N-ethyl adjacent to an activating group) is 1. The van der Waals surface area contributed by atoms with E-state index < -0.39 is 11.6 Å². The lowest BCUT2D eigenvalue weighted by atomic mass is 9.97. The van der Waals surface area contributed by atoms with Crippen LogP contribution in [0, 0.1) is 11.6 Å². The second kappa shape index (κ2) is 5.73. The quantitative estimate of drug-likeness (QED) is 0.894. The first kappa shape index (κ1) is 13.4. The first-order valence-corrected chi connectivity index (χ1v) is 6.17. The van der Waals surface area contributed by atoms with Crippen LogP contribution in [0.5, 0.6) is 0 Å². The van der Waals surface area contributed by atoms with Gasteiger partial charge in [-0.25, -0.2) is 8.78 Å². The van der Waals surface area contributed by atoms with E-state index in [2.05, 4.69) is 4.90 Å². The molecule has 0 spiro atoms. The van der Waals surface area contributed by atoms with Gasteiger partial charge in [0.1, 0.15) is 11.6 Å². The summed E-state index contributed by atoms with van der Waals surface area (Å²) in [6.07, 6.45) is -0.222.